The number of imide groups is 1. The molecule has 1 aromatic heterocycles. The number of amides is 3. The Morgan fingerprint density at radius 3 is 2.71 bits per heavy atom. The first-order chi connectivity index (χ1) is 11.5. The van der Waals surface area contributed by atoms with Crippen molar-refractivity contribution in [3.05, 3.63) is 29.8 Å². The van der Waals surface area contributed by atoms with Gasteiger partial charge in [-0.2, -0.15) is 0 Å². The molecule has 0 saturated heterocycles. The van der Waals surface area contributed by atoms with Crippen molar-refractivity contribution < 1.29 is 9.59 Å². The maximum atomic E-state index is 12.0. The first-order valence-electron chi connectivity index (χ1n) is 7.65. The van der Waals surface area contributed by atoms with Gasteiger partial charge in [0, 0.05) is 19.2 Å². The van der Waals surface area contributed by atoms with Crippen LogP contribution in [-0.4, -0.2) is 39.0 Å². The van der Waals surface area contributed by atoms with Crippen molar-refractivity contribution in [1.29, 1.82) is 0 Å². The lowest BCUT2D eigenvalue weighted by Crippen LogP contribution is -2.41. The Morgan fingerprint density at radius 2 is 2.08 bits per heavy atom. The molecule has 7 nitrogen and oxygen atoms in total. The van der Waals surface area contributed by atoms with Crippen LogP contribution in [0.5, 0.6) is 0 Å². The average Bonchev–Trinajstić information content (AvgIpc) is 2.97. The molecule has 2 rings (SSSR count). The van der Waals surface area contributed by atoms with E-state index in [0.717, 1.165) is 17.0 Å². The molecule has 0 bridgehead atoms. The van der Waals surface area contributed by atoms with Crippen LogP contribution in [0.3, 0.4) is 0 Å². The number of carbonyl (C=O) groups excluding carboxylic acids is 2. The number of aromatic nitrogens is 3. The van der Waals surface area contributed by atoms with Crippen LogP contribution in [0.25, 0.3) is 11.4 Å². The van der Waals surface area contributed by atoms with Crippen molar-refractivity contribution >= 4 is 23.7 Å². The summed E-state index contributed by atoms with van der Waals surface area (Å²) in [5, 5.41) is 13.3. The quantitative estimate of drug-likeness (QED) is 0.810. The number of nitrogens with one attached hydrogen (secondary N) is 2. The number of rotatable bonds is 5. The lowest BCUT2D eigenvalue weighted by atomic mass is 10.1. The van der Waals surface area contributed by atoms with Crippen LogP contribution in [0.1, 0.15) is 19.4 Å². The summed E-state index contributed by atoms with van der Waals surface area (Å²) in [6, 6.07) is 7.51. The van der Waals surface area contributed by atoms with Gasteiger partial charge in [0.25, 0.3) is 0 Å². The van der Waals surface area contributed by atoms with Gasteiger partial charge in [0.05, 0.1) is 5.25 Å². The zero-order valence-corrected chi connectivity index (χ0v) is 15.0. The van der Waals surface area contributed by atoms with Gasteiger partial charge in [-0.3, -0.25) is 10.1 Å². The van der Waals surface area contributed by atoms with Crippen LogP contribution < -0.4 is 10.6 Å². The first-order valence-corrected chi connectivity index (χ1v) is 8.53. The Bertz CT molecular complexity index is 744. The summed E-state index contributed by atoms with van der Waals surface area (Å²) in [7, 11) is 1.46. The third-order valence-electron chi connectivity index (χ3n) is 3.42. The van der Waals surface area contributed by atoms with Crippen molar-refractivity contribution in [1.82, 2.24) is 25.4 Å². The third kappa shape index (κ3) is 4.14. The lowest BCUT2D eigenvalue weighted by Gasteiger charge is -2.12. The van der Waals surface area contributed by atoms with Gasteiger partial charge in [0.2, 0.25) is 5.91 Å². The molecular weight excluding hydrogens is 326 g/mol. The maximum Gasteiger partial charge on any atom is 0.321 e. The molecule has 128 valence electrons. The van der Waals surface area contributed by atoms with Crippen molar-refractivity contribution in [2.45, 2.75) is 37.7 Å². The minimum atomic E-state index is -0.523. The van der Waals surface area contributed by atoms with Gasteiger partial charge in [-0.15, -0.1) is 10.2 Å². The number of benzene rings is 1. The van der Waals surface area contributed by atoms with Crippen molar-refractivity contribution in [2.24, 2.45) is 0 Å². The zero-order chi connectivity index (χ0) is 17.7. The summed E-state index contributed by atoms with van der Waals surface area (Å²) < 4.78 is 1.96. The number of thioether (sulfide) groups is 1. The molecule has 0 aliphatic rings. The molecule has 8 heteroatoms. The van der Waals surface area contributed by atoms with Gasteiger partial charge in [0.1, 0.15) is 0 Å². The molecule has 0 radical (unpaired) electrons. The van der Waals surface area contributed by atoms with Crippen LogP contribution in [-0.2, 0) is 11.3 Å². The van der Waals surface area contributed by atoms with Gasteiger partial charge >= 0.3 is 6.03 Å². The fourth-order valence-corrected chi connectivity index (χ4v) is 3.06. The summed E-state index contributed by atoms with van der Waals surface area (Å²) in [5.41, 5.74) is 2.13. The standard InChI is InChI=1S/C16H21N5O2S/c1-5-21-13(12-8-6-7-10(2)9-12)19-20-16(21)24-11(3)14(22)18-15(23)17-4/h6-9,11H,5H2,1-4H3,(H2,17,18,22,23). The van der Waals surface area contributed by atoms with Crippen LogP contribution in [0.2, 0.25) is 0 Å². The molecule has 3 amide bonds. The molecule has 2 N–H and O–H groups in total. The molecule has 2 aromatic rings. The molecule has 1 atom stereocenters. The van der Waals surface area contributed by atoms with E-state index in [1.165, 1.54) is 18.8 Å². The van der Waals surface area contributed by atoms with Gasteiger partial charge in [-0.25, -0.2) is 4.79 Å². The molecule has 0 aliphatic heterocycles. The molecular formula is C16H21N5O2S. The van der Waals surface area contributed by atoms with E-state index in [9.17, 15) is 9.59 Å². The van der Waals surface area contributed by atoms with E-state index in [4.69, 9.17) is 0 Å². The van der Waals surface area contributed by atoms with Gasteiger partial charge < -0.3 is 9.88 Å². The van der Waals surface area contributed by atoms with Gasteiger partial charge in [-0.1, -0.05) is 35.5 Å². The van der Waals surface area contributed by atoms with E-state index in [0.29, 0.717) is 11.7 Å². The number of hydrogen-bond donors (Lipinski definition) is 2. The van der Waals surface area contributed by atoms with Crippen LogP contribution in [0, 0.1) is 6.92 Å². The molecule has 24 heavy (non-hydrogen) atoms. The summed E-state index contributed by atoms with van der Waals surface area (Å²) >= 11 is 1.27. The Kier molecular flexibility index (Phi) is 5.97. The van der Waals surface area contributed by atoms with E-state index in [2.05, 4.69) is 20.8 Å². The van der Waals surface area contributed by atoms with Gasteiger partial charge in [-0.05, 0) is 26.8 Å². The molecule has 1 unspecified atom stereocenters. The molecule has 0 aliphatic carbocycles. The van der Waals surface area contributed by atoms with E-state index in [-0.39, 0.29) is 5.91 Å². The molecule has 0 saturated carbocycles. The number of aryl methyl sites for hydroxylation is 1. The van der Waals surface area contributed by atoms with E-state index < -0.39 is 11.3 Å². The SMILES string of the molecule is CCn1c(SC(C)C(=O)NC(=O)NC)nnc1-c1cccc(C)c1. The maximum absolute atomic E-state index is 12.0. The first kappa shape index (κ1) is 18.0. The second-order valence-electron chi connectivity index (χ2n) is 5.25. The number of carbonyl (C=O) groups is 2. The topological polar surface area (TPSA) is 88.9 Å². The summed E-state index contributed by atoms with van der Waals surface area (Å²) in [5.74, 6) is 0.393. The lowest BCUT2D eigenvalue weighted by molar-refractivity contribution is -0.119. The minimum absolute atomic E-state index is 0.373. The zero-order valence-electron chi connectivity index (χ0n) is 14.2. The molecule has 1 heterocycles. The Labute approximate surface area is 145 Å². The largest absolute Gasteiger partial charge is 0.341 e. The third-order valence-corrected chi connectivity index (χ3v) is 4.51. The van der Waals surface area contributed by atoms with Crippen molar-refractivity contribution in [3.8, 4) is 11.4 Å². The van der Waals surface area contributed by atoms with Crippen LogP contribution >= 0.6 is 11.8 Å². The van der Waals surface area contributed by atoms with E-state index in [1.807, 2.05) is 42.7 Å². The monoisotopic (exact) mass is 347 g/mol. The highest BCUT2D eigenvalue weighted by Gasteiger charge is 2.21. The fraction of sp³-hybridized carbons (Fsp3) is 0.375. The highest BCUT2D eigenvalue weighted by molar-refractivity contribution is 8.00. The predicted molar refractivity (Wildman–Crippen MR) is 93.8 cm³/mol. The van der Waals surface area contributed by atoms with Crippen molar-refractivity contribution in [2.75, 3.05) is 7.05 Å². The molecule has 0 fully saturated rings. The average molecular weight is 347 g/mol. The second kappa shape index (κ2) is 7.96. The van der Waals surface area contributed by atoms with E-state index in [1.54, 1.807) is 6.92 Å². The van der Waals surface area contributed by atoms with Crippen LogP contribution in [0.15, 0.2) is 29.4 Å². The molecule has 0 spiro atoms. The Morgan fingerprint density at radius 1 is 1.33 bits per heavy atom. The summed E-state index contributed by atoms with van der Waals surface area (Å²) in [6.07, 6.45) is 0. The normalized spacial score (nSPS) is 11.8. The smallest absolute Gasteiger partial charge is 0.321 e. The number of nitrogens with zero attached hydrogens (tertiary/aromatic N) is 3. The Hall–Kier alpha value is -2.35. The second-order valence-corrected chi connectivity index (χ2v) is 6.56. The minimum Gasteiger partial charge on any atom is -0.341 e. The van der Waals surface area contributed by atoms with Crippen LogP contribution in [0.4, 0.5) is 4.79 Å². The van der Waals surface area contributed by atoms with Crippen molar-refractivity contribution in [3.63, 3.8) is 0 Å². The Balaban J connectivity index is 2.20. The predicted octanol–water partition coefficient (Wildman–Crippen LogP) is 2.21. The van der Waals surface area contributed by atoms with E-state index >= 15 is 0 Å². The summed E-state index contributed by atoms with van der Waals surface area (Å²) in [4.78, 5) is 23.2. The fourth-order valence-electron chi connectivity index (χ4n) is 2.15. The molecule has 1 aromatic carbocycles. The summed E-state index contributed by atoms with van der Waals surface area (Å²) in [6.45, 7) is 6.44. The highest BCUT2D eigenvalue weighted by atomic mass is 32.2. The van der Waals surface area contributed by atoms with Gasteiger partial charge in [0.15, 0.2) is 11.0 Å². The highest BCUT2D eigenvalue weighted by Crippen LogP contribution is 2.27. The number of hydrogen-bond acceptors (Lipinski definition) is 5. The number of urea groups is 1.